The van der Waals surface area contributed by atoms with Crippen molar-refractivity contribution in [3.8, 4) is 28.0 Å². The van der Waals surface area contributed by atoms with Crippen molar-refractivity contribution >= 4 is 10.0 Å². The molecule has 0 aliphatic heterocycles. The fraction of sp³-hybridized carbons (Fsp3) is 0.100. The van der Waals surface area contributed by atoms with E-state index < -0.39 is 44.4 Å². The van der Waals surface area contributed by atoms with Crippen molar-refractivity contribution in [2.24, 2.45) is 5.14 Å². The first-order valence-electron chi connectivity index (χ1n) is 8.20. The molecule has 3 aromatic rings. The molecule has 0 radical (unpaired) electrons. The van der Waals surface area contributed by atoms with E-state index in [9.17, 15) is 26.0 Å². The molecular formula is C20H15F4NO3S. The van der Waals surface area contributed by atoms with Gasteiger partial charge in [-0.1, -0.05) is 18.2 Å². The zero-order valence-electron chi connectivity index (χ0n) is 15.3. The van der Waals surface area contributed by atoms with Gasteiger partial charge in [-0.25, -0.2) is 31.1 Å². The highest BCUT2D eigenvalue weighted by molar-refractivity contribution is 7.89. The van der Waals surface area contributed by atoms with E-state index in [0.29, 0.717) is 11.3 Å². The Bertz CT molecular complexity index is 1210. The number of benzene rings is 3. The van der Waals surface area contributed by atoms with E-state index in [2.05, 4.69) is 0 Å². The van der Waals surface area contributed by atoms with E-state index in [4.69, 9.17) is 9.88 Å². The van der Waals surface area contributed by atoms with Crippen LogP contribution in [0.25, 0.3) is 22.3 Å². The van der Waals surface area contributed by atoms with Crippen LogP contribution in [0.5, 0.6) is 5.75 Å². The number of nitrogens with two attached hydrogens (primary N) is 1. The zero-order valence-corrected chi connectivity index (χ0v) is 16.1. The van der Waals surface area contributed by atoms with Crippen LogP contribution in [0.15, 0.2) is 47.4 Å². The Kier molecular flexibility index (Phi) is 5.38. The lowest BCUT2D eigenvalue weighted by Crippen LogP contribution is -2.11. The van der Waals surface area contributed by atoms with Crippen LogP contribution in [0.2, 0.25) is 0 Å². The second-order valence-corrected chi connectivity index (χ2v) is 7.82. The molecule has 0 aliphatic carbocycles. The van der Waals surface area contributed by atoms with Gasteiger partial charge in [0.15, 0.2) is 23.3 Å². The second kappa shape index (κ2) is 7.49. The van der Waals surface area contributed by atoms with Crippen molar-refractivity contribution in [2.45, 2.75) is 11.8 Å². The highest BCUT2D eigenvalue weighted by Gasteiger charge is 2.27. The Balaban J connectivity index is 2.33. The normalized spacial score (nSPS) is 11.6. The lowest BCUT2D eigenvalue weighted by Gasteiger charge is -2.16. The minimum absolute atomic E-state index is 0.0591. The monoisotopic (exact) mass is 425 g/mol. The molecule has 2 N–H and O–H groups in total. The van der Waals surface area contributed by atoms with Crippen molar-refractivity contribution in [3.05, 3.63) is 71.3 Å². The zero-order chi connectivity index (χ0) is 21.5. The summed E-state index contributed by atoms with van der Waals surface area (Å²) in [5.41, 5.74) is -0.465. The SMILES string of the molecule is COc1ccc(-c2c(F)c(F)c(F)c(F)c2-c2ccc(S(N)(=O)=O)cc2)cc1C. The van der Waals surface area contributed by atoms with Gasteiger partial charge in [0.05, 0.1) is 12.0 Å². The molecule has 0 bridgehead atoms. The summed E-state index contributed by atoms with van der Waals surface area (Å²) in [5.74, 6) is -6.62. The van der Waals surface area contributed by atoms with Gasteiger partial charge < -0.3 is 4.74 Å². The number of sulfonamides is 1. The van der Waals surface area contributed by atoms with E-state index in [-0.39, 0.29) is 16.0 Å². The highest BCUT2D eigenvalue weighted by atomic mass is 32.2. The molecule has 0 fully saturated rings. The summed E-state index contributed by atoms with van der Waals surface area (Å²) in [6, 6.07) is 8.69. The maximum Gasteiger partial charge on any atom is 0.238 e. The number of ether oxygens (including phenoxy) is 1. The average Bonchev–Trinajstić information content (AvgIpc) is 2.68. The van der Waals surface area contributed by atoms with Crippen LogP contribution in [0, 0.1) is 30.2 Å². The van der Waals surface area contributed by atoms with Crippen LogP contribution in [0.4, 0.5) is 17.6 Å². The molecular weight excluding hydrogens is 410 g/mol. The molecule has 0 aromatic heterocycles. The van der Waals surface area contributed by atoms with Gasteiger partial charge in [-0.2, -0.15) is 0 Å². The largest absolute Gasteiger partial charge is 0.496 e. The van der Waals surface area contributed by atoms with E-state index in [1.54, 1.807) is 6.92 Å². The van der Waals surface area contributed by atoms with Gasteiger partial charge in [0.2, 0.25) is 10.0 Å². The van der Waals surface area contributed by atoms with Gasteiger partial charge in [0.25, 0.3) is 0 Å². The number of rotatable bonds is 4. The molecule has 3 aromatic carbocycles. The van der Waals surface area contributed by atoms with Crippen molar-refractivity contribution in [2.75, 3.05) is 7.11 Å². The molecule has 0 aliphatic rings. The predicted octanol–water partition coefficient (Wildman–Crippen LogP) is 4.54. The van der Waals surface area contributed by atoms with Crippen LogP contribution >= 0.6 is 0 Å². The lowest BCUT2D eigenvalue weighted by molar-refractivity contribution is 0.411. The standard InChI is InChI=1S/C20H15F4NO3S/c1-10-9-12(5-8-14(10)28-2)16-15(17(21)19(23)20(24)18(16)22)11-3-6-13(7-4-11)29(25,26)27/h3-9H,1-2H3,(H2,25,26,27). The average molecular weight is 425 g/mol. The third kappa shape index (κ3) is 3.70. The summed E-state index contributed by atoms with van der Waals surface area (Å²) in [7, 11) is -2.60. The first-order valence-corrected chi connectivity index (χ1v) is 9.75. The molecule has 4 nitrogen and oxygen atoms in total. The van der Waals surface area contributed by atoms with Gasteiger partial charge in [-0.05, 0) is 47.9 Å². The Labute approximate surface area is 164 Å². The number of aryl methyl sites for hydroxylation is 1. The van der Waals surface area contributed by atoms with Crippen LogP contribution in [0.1, 0.15) is 5.56 Å². The third-order valence-electron chi connectivity index (χ3n) is 4.42. The molecule has 0 amide bonds. The molecule has 0 heterocycles. The number of primary sulfonamides is 1. The van der Waals surface area contributed by atoms with Crippen LogP contribution < -0.4 is 9.88 Å². The molecule has 0 atom stereocenters. The number of methoxy groups -OCH3 is 1. The lowest BCUT2D eigenvalue weighted by atomic mass is 9.92. The topological polar surface area (TPSA) is 69.4 Å². The van der Waals surface area contributed by atoms with Crippen molar-refractivity contribution < 1.29 is 30.7 Å². The molecule has 0 saturated heterocycles. The summed E-state index contributed by atoms with van der Waals surface area (Å²) in [6.45, 7) is 1.65. The van der Waals surface area contributed by atoms with Crippen LogP contribution in [-0.4, -0.2) is 15.5 Å². The summed E-state index contributed by atoms with van der Waals surface area (Å²) in [5, 5.41) is 5.03. The summed E-state index contributed by atoms with van der Waals surface area (Å²) >= 11 is 0. The summed E-state index contributed by atoms with van der Waals surface area (Å²) < 4.78 is 85.3. The van der Waals surface area contributed by atoms with Crippen LogP contribution in [-0.2, 0) is 10.0 Å². The van der Waals surface area contributed by atoms with Gasteiger partial charge in [-0.3, -0.25) is 0 Å². The van der Waals surface area contributed by atoms with Gasteiger partial charge >= 0.3 is 0 Å². The maximum atomic E-state index is 14.7. The Morgan fingerprint density at radius 3 is 1.72 bits per heavy atom. The van der Waals surface area contributed by atoms with E-state index in [1.807, 2.05) is 0 Å². The van der Waals surface area contributed by atoms with E-state index >= 15 is 0 Å². The fourth-order valence-corrected chi connectivity index (χ4v) is 3.53. The van der Waals surface area contributed by atoms with Gasteiger partial charge in [0, 0.05) is 11.1 Å². The molecule has 0 unspecified atom stereocenters. The van der Waals surface area contributed by atoms with E-state index in [0.717, 1.165) is 24.3 Å². The van der Waals surface area contributed by atoms with Crippen LogP contribution in [0.3, 0.4) is 0 Å². The maximum absolute atomic E-state index is 14.7. The Hall–Kier alpha value is -2.91. The second-order valence-electron chi connectivity index (χ2n) is 6.26. The number of halogens is 4. The number of hydrogen-bond donors (Lipinski definition) is 1. The Morgan fingerprint density at radius 1 is 0.793 bits per heavy atom. The van der Waals surface area contributed by atoms with Crippen molar-refractivity contribution in [1.29, 1.82) is 0 Å². The smallest absolute Gasteiger partial charge is 0.238 e. The minimum atomic E-state index is -4.03. The highest BCUT2D eigenvalue weighted by Crippen LogP contribution is 2.40. The number of hydrogen-bond acceptors (Lipinski definition) is 3. The van der Waals surface area contributed by atoms with E-state index in [1.165, 1.54) is 25.3 Å². The van der Waals surface area contributed by atoms with Crippen molar-refractivity contribution in [1.82, 2.24) is 0 Å². The predicted molar refractivity (Wildman–Crippen MR) is 99.8 cm³/mol. The van der Waals surface area contributed by atoms with Gasteiger partial charge in [0.1, 0.15) is 5.75 Å². The molecule has 0 saturated carbocycles. The fourth-order valence-electron chi connectivity index (χ4n) is 3.02. The molecule has 9 heteroatoms. The third-order valence-corrected chi connectivity index (χ3v) is 5.35. The quantitative estimate of drug-likeness (QED) is 0.379. The Morgan fingerprint density at radius 2 is 1.28 bits per heavy atom. The molecule has 0 spiro atoms. The molecule has 3 rings (SSSR count). The summed E-state index contributed by atoms with van der Waals surface area (Å²) in [6.07, 6.45) is 0. The van der Waals surface area contributed by atoms with Gasteiger partial charge in [-0.15, -0.1) is 0 Å². The molecule has 152 valence electrons. The first kappa shape index (κ1) is 20.8. The molecule has 29 heavy (non-hydrogen) atoms. The minimum Gasteiger partial charge on any atom is -0.496 e. The van der Waals surface area contributed by atoms with Crippen molar-refractivity contribution in [3.63, 3.8) is 0 Å². The summed E-state index contributed by atoms with van der Waals surface area (Å²) in [4.78, 5) is -0.272. The first-order chi connectivity index (χ1) is 13.6.